The largest absolute Gasteiger partial charge is 0.369 e. The molecule has 0 aliphatic carbocycles. The van der Waals surface area contributed by atoms with E-state index in [1.165, 1.54) is 15.3 Å². The smallest absolute Gasteiger partial charge is 0.201 e. The molecule has 2 N–H and O–H groups in total. The van der Waals surface area contributed by atoms with Crippen molar-refractivity contribution in [2.75, 3.05) is 5.73 Å². The van der Waals surface area contributed by atoms with Crippen molar-refractivity contribution >= 4 is 28.3 Å². The Hall–Kier alpha value is -1.81. The van der Waals surface area contributed by atoms with Crippen LogP contribution in [-0.4, -0.2) is 9.55 Å². The molecule has 0 atom stereocenters. The standard InChI is InChI=1S/C14H15N3S/c1-9-3-6-13-12(7-9)16-14(15)17(13)8-11-5-4-10(2)18-11/h3-7H,8H2,1-2H3,(H2,15,16). The van der Waals surface area contributed by atoms with Crippen LogP contribution in [0, 0.1) is 13.8 Å². The summed E-state index contributed by atoms with van der Waals surface area (Å²) in [6.45, 7) is 4.98. The number of nitrogens with two attached hydrogens (primary N) is 1. The van der Waals surface area contributed by atoms with Crippen LogP contribution in [0.3, 0.4) is 0 Å². The topological polar surface area (TPSA) is 43.8 Å². The van der Waals surface area contributed by atoms with Gasteiger partial charge in [0.2, 0.25) is 5.95 Å². The van der Waals surface area contributed by atoms with Gasteiger partial charge in [-0.15, -0.1) is 11.3 Å². The molecule has 0 saturated heterocycles. The van der Waals surface area contributed by atoms with Crippen LogP contribution in [0.15, 0.2) is 30.3 Å². The van der Waals surface area contributed by atoms with Crippen molar-refractivity contribution in [2.24, 2.45) is 0 Å². The zero-order chi connectivity index (χ0) is 12.7. The first-order valence-corrected chi connectivity index (χ1v) is 6.73. The first-order chi connectivity index (χ1) is 8.63. The molecular weight excluding hydrogens is 242 g/mol. The lowest BCUT2D eigenvalue weighted by Gasteiger charge is -2.04. The number of aromatic nitrogens is 2. The number of anilines is 1. The summed E-state index contributed by atoms with van der Waals surface area (Å²) in [6, 6.07) is 10.6. The predicted molar refractivity (Wildman–Crippen MR) is 77.0 cm³/mol. The van der Waals surface area contributed by atoms with E-state index in [0.29, 0.717) is 5.95 Å². The van der Waals surface area contributed by atoms with Gasteiger partial charge in [0.05, 0.1) is 17.6 Å². The van der Waals surface area contributed by atoms with Crippen molar-refractivity contribution in [1.82, 2.24) is 9.55 Å². The van der Waals surface area contributed by atoms with E-state index in [-0.39, 0.29) is 0 Å². The fourth-order valence-electron chi connectivity index (χ4n) is 2.15. The van der Waals surface area contributed by atoms with Crippen LogP contribution in [0.2, 0.25) is 0 Å². The maximum absolute atomic E-state index is 6.01. The summed E-state index contributed by atoms with van der Waals surface area (Å²) in [5.41, 5.74) is 9.30. The van der Waals surface area contributed by atoms with Crippen LogP contribution >= 0.6 is 11.3 Å². The summed E-state index contributed by atoms with van der Waals surface area (Å²) in [7, 11) is 0. The van der Waals surface area contributed by atoms with Crippen LogP contribution in [0.4, 0.5) is 5.95 Å². The van der Waals surface area contributed by atoms with Gasteiger partial charge in [0.15, 0.2) is 0 Å². The second-order valence-electron chi connectivity index (χ2n) is 4.56. The number of nitrogen functional groups attached to an aromatic ring is 1. The third-order valence-corrected chi connectivity index (χ3v) is 4.03. The molecule has 0 unspecified atom stereocenters. The maximum atomic E-state index is 6.01. The number of hydrogen-bond donors (Lipinski definition) is 1. The Morgan fingerprint density at radius 1 is 1.22 bits per heavy atom. The normalized spacial score (nSPS) is 11.2. The van der Waals surface area contributed by atoms with E-state index < -0.39 is 0 Å². The molecule has 2 heterocycles. The molecule has 0 saturated carbocycles. The van der Waals surface area contributed by atoms with Gasteiger partial charge in [-0.05, 0) is 43.7 Å². The van der Waals surface area contributed by atoms with E-state index in [4.69, 9.17) is 5.73 Å². The van der Waals surface area contributed by atoms with Gasteiger partial charge in [0.25, 0.3) is 0 Å². The Morgan fingerprint density at radius 3 is 2.78 bits per heavy atom. The first-order valence-electron chi connectivity index (χ1n) is 5.91. The molecule has 0 fully saturated rings. The van der Waals surface area contributed by atoms with Crippen molar-refractivity contribution < 1.29 is 0 Å². The lowest BCUT2D eigenvalue weighted by molar-refractivity contribution is 0.853. The molecule has 18 heavy (non-hydrogen) atoms. The van der Waals surface area contributed by atoms with Crippen molar-refractivity contribution in [3.05, 3.63) is 45.6 Å². The Morgan fingerprint density at radius 2 is 2.06 bits per heavy atom. The molecule has 0 bridgehead atoms. The number of imidazole rings is 1. The highest BCUT2D eigenvalue weighted by molar-refractivity contribution is 7.11. The lowest BCUT2D eigenvalue weighted by atomic mass is 10.2. The summed E-state index contributed by atoms with van der Waals surface area (Å²) in [4.78, 5) is 7.05. The van der Waals surface area contributed by atoms with E-state index in [9.17, 15) is 0 Å². The van der Waals surface area contributed by atoms with Crippen LogP contribution in [-0.2, 0) is 6.54 Å². The molecule has 0 aliphatic rings. The first kappa shape index (κ1) is 11.3. The molecule has 1 aromatic carbocycles. The van der Waals surface area contributed by atoms with Gasteiger partial charge in [-0.3, -0.25) is 0 Å². The molecule has 3 nitrogen and oxygen atoms in total. The molecule has 3 rings (SSSR count). The van der Waals surface area contributed by atoms with E-state index >= 15 is 0 Å². The summed E-state index contributed by atoms with van der Waals surface area (Å²) < 4.78 is 2.07. The zero-order valence-electron chi connectivity index (χ0n) is 10.5. The number of hydrogen-bond acceptors (Lipinski definition) is 3. The molecule has 0 aliphatic heterocycles. The molecule has 2 aromatic heterocycles. The van der Waals surface area contributed by atoms with Crippen molar-refractivity contribution in [3.8, 4) is 0 Å². The van der Waals surface area contributed by atoms with Crippen LogP contribution < -0.4 is 5.73 Å². The molecule has 4 heteroatoms. The SMILES string of the molecule is Cc1ccc2c(c1)nc(N)n2Cc1ccc(C)s1. The number of fused-ring (bicyclic) bond motifs is 1. The second kappa shape index (κ2) is 4.14. The van der Waals surface area contributed by atoms with Crippen molar-refractivity contribution in [1.29, 1.82) is 0 Å². The second-order valence-corrected chi connectivity index (χ2v) is 5.93. The Balaban J connectivity index is 2.08. The van der Waals surface area contributed by atoms with Gasteiger partial charge in [-0.2, -0.15) is 0 Å². The summed E-state index contributed by atoms with van der Waals surface area (Å²) >= 11 is 1.80. The van der Waals surface area contributed by atoms with Gasteiger partial charge in [-0.25, -0.2) is 4.98 Å². The highest BCUT2D eigenvalue weighted by Crippen LogP contribution is 2.23. The van der Waals surface area contributed by atoms with Crippen LogP contribution in [0.5, 0.6) is 0 Å². The minimum atomic E-state index is 0.585. The van der Waals surface area contributed by atoms with E-state index in [2.05, 4.69) is 53.7 Å². The summed E-state index contributed by atoms with van der Waals surface area (Å²) in [5, 5.41) is 0. The van der Waals surface area contributed by atoms with Crippen molar-refractivity contribution in [2.45, 2.75) is 20.4 Å². The number of benzene rings is 1. The number of thiophene rings is 1. The fraction of sp³-hybridized carbons (Fsp3) is 0.214. The number of rotatable bonds is 2. The minimum Gasteiger partial charge on any atom is -0.369 e. The van der Waals surface area contributed by atoms with Gasteiger partial charge in [-0.1, -0.05) is 6.07 Å². The summed E-state index contributed by atoms with van der Waals surface area (Å²) in [5.74, 6) is 0.585. The molecule has 0 amide bonds. The van der Waals surface area contributed by atoms with Crippen molar-refractivity contribution in [3.63, 3.8) is 0 Å². The average molecular weight is 257 g/mol. The zero-order valence-corrected chi connectivity index (χ0v) is 11.3. The number of aryl methyl sites for hydroxylation is 2. The lowest BCUT2D eigenvalue weighted by Crippen LogP contribution is -2.03. The minimum absolute atomic E-state index is 0.585. The van der Waals surface area contributed by atoms with Gasteiger partial charge in [0.1, 0.15) is 0 Å². The van der Waals surface area contributed by atoms with Crippen LogP contribution in [0.1, 0.15) is 15.3 Å². The Labute approximate surface area is 110 Å². The van der Waals surface area contributed by atoms with Gasteiger partial charge < -0.3 is 10.3 Å². The Kier molecular flexibility index (Phi) is 2.59. The van der Waals surface area contributed by atoms with E-state index in [1.807, 2.05) is 0 Å². The predicted octanol–water partition coefficient (Wildman–Crippen LogP) is 3.35. The summed E-state index contributed by atoms with van der Waals surface area (Å²) in [6.07, 6.45) is 0. The third kappa shape index (κ3) is 1.88. The molecule has 3 aromatic rings. The molecule has 0 spiro atoms. The quantitative estimate of drug-likeness (QED) is 0.765. The highest BCUT2D eigenvalue weighted by atomic mass is 32.1. The van der Waals surface area contributed by atoms with Gasteiger partial charge in [0, 0.05) is 9.75 Å². The molecular formula is C14H15N3S. The highest BCUT2D eigenvalue weighted by Gasteiger charge is 2.09. The third-order valence-electron chi connectivity index (χ3n) is 3.04. The monoisotopic (exact) mass is 257 g/mol. The molecule has 92 valence electrons. The average Bonchev–Trinajstić information content (AvgIpc) is 2.84. The Bertz CT molecular complexity index is 709. The van der Waals surface area contributed by atoms with Crippen LogP contribution in [0.25, 0.3) is 11.0 Å². The van der Waals surface area contributed by atoms with E-state index in [0.717, 1.165) is 17.6 Å². The fourth-order valence-corrected chi connectivity index (χ4v) is 3.03. The number of nitrogens with zero attached hydrogens (tertiary/aromatic N) is 2. The maximum Gasteiger partial charge on any atom is 0.201 e. The van der Waals surface area contributed by atoms with Gasteiger partial charge >= 0.3 is 0 Å². The van der Waals surface area contributed by atoms with E-state index in [1.54, 1.807) is 11.3 Å². The molecule has 0 radical (unpaired) electrons.